The Morgan fingerprint density at radius 3 is 2.71 bits per heavy atom. The van der Waals surface area contributed by atoms with Gasteiger partial charge in [-0.15, -0.1) is 11.3 Å². The highest BCUT2D eigenvalue weighted by Crippen LogP contribution is 2.21. The van der Waals surface area contributed by atoms with Crippen LogP contribution in [-0.2, 0) is 11.2 Å². The minimum absolute atomic E-state index is 0.00540. The average Bonchev–Trinajstić information content (AvgIpc) is 2.63. The molecule has 0 saturated heterocycles. The van der Waals surface area contributed by atoms with Crippen molar-refractivity contribution in [3.8, 4) is 0 Å². The first kappa shape index (κ1) is 14.4. The molecule has 0 aliphatic rings. The molecule has 2 nitrogen and oxygen atoms in total. The predicted molar refractivity (Wildman–Crippen MR) is 74.3 cm³/mol. The third-order valence-electron chi connectivity index (χ3n) is 2.59. The minimum Gasteiger partial charge on any atom is -0.327 e. The highest BCUT2D eigenvalue weighted by Gasteiger charge is 2.17. The van der Waals surface area contributed by atoms with Crippen LogP contribution in [-0.4, -0.2) is 11.8 Å². The van der Waals surface area contributed by atoms with Crippen molar-refractivity contribution >= 4 is 17.1 Å². The molecule has 0 aliphatic heterocycles. The van der Waals surface area contributed by atoms with Crippen LogP contribution in [0.25, 0.3) is 0 Å². The summed E-state index contributed by atoms with van der Waals surface area (Å²) in [6, 6.07) is 4.11. The lowest BCUT2D eigenvalue weighted by Gasteiger charge is -2.22. The number of rotatable bonds is 6. The highest BCUT2D eigenvalue weighted by atomic mass is 32.1. The number of nitrogens with two attached hydrogens (primary N) is 1. The standard InChI is InChI=1S/C14H23NOS/c1-14(2,3)10-11(15)9-12(16)6-7-13-5-4-8-17-13/h4-5,8,11H,6-7,9-10,15H2,1-3H3. The summed E-state index contributed by atoms with van der Waals surface area (Å²) in [5.74, 6) is 0.287. The quantitative estimate of drug-likeness (QED) is 0.844. The molecule has 0 amide bonds. The van der Waals surface area contributed by atoms with E-state index in [0.717, 1.165) is 12.8 Å². The predicted octanol–water partition coefficient (Wildman–Crippen LogP) is 3.40. The van der Waals surface area contributed by atoms with Crippen LogP contribution >= 0.6 is 11.3 Å². The van der Waals surface area contributed by atoms with E-state index in [4.69, 9.17) is 5.73 Å². The van der Waals surface area contributed by atoms with Crippen molar-refractivity contribution in [2.24, 2.45) is 11.1 Å². The molecule has 17 heavy (non-hydrogen) atoms. The summed E-state index contributed by atoms with van der Waals surface area (Å²) >= 11 is 1.71. The van der Waals surface area contributed by atoms with E-state index in [2.05, 4.69) is 26.8 Å². The number of carbonyl (C=O) groups excluding carboxylic acids is 1. The molecule has 3 heteroatoms. The maximum atomic E-state index is 11.8. The number of hydrogen-bond acceptors (Lipinski definition) is 3. The van der Waals surface area contributed by atoms with E-state index in [0.29, 0.717) is 12.8 Å². The maximum Gasteiger partial charge on any atom is 0.134 e. The molecule has 1 aromatic heterocycles. The Hall–Kier alpha value is -0.670. The van der Waals surface area contributed by atoms with Crippen LogP contribution in [0.2, 0.25) is 0 Å². The Balaban J connectivity index is 2.25. The van der Waals surface area contributed by atoms with Gasteiger partial charge in [-0.1, -0.05) is 26.8 Å². The van der Waals surface area contributed by atoms with Gasteiger partial charge in [-0.25, -0.2) is 0 Å². The van der Waals surface area contributed by atoms with Crippen LogP contribution in [0.5, 0.6) is 0 Å². The Labute approximate surface area is 108 Å². The molecule has 0 aliphatic carbocycles. The largest absolute Gasteiger partial charge is 0.327 e. The van der Waals surface area contributed by atoms with Crippen LogP contribution in [0, 0.1) is 5.41 Å². The summed E-state index contributed by atoms with van der Waals surface area (Å²) in [4.78, 5) is 13.0. The lowest BCUT2D eigenvalue weighted by molar-refractivity contribution is -0.119. The van der Waals surface area contributed by atoms with Gasteiger partial charge in [0.25, 0.3) is 0 Å². The third-order valence-corrected chi connectivity index (χ3v) is 3.53. The lowest BCUT2D eigenvalue weighted by atomic mass is 9.86. The van der Waals surface area contributed by atoms with Gasteiger partial charge in [0.05, 0.1) is 0 Å². The Morgan fingerprint density at radius 2 is 2.18 bits per heavy atom. The second-order valence-corrected chi connectivity index (χ2v) is 6.88. The molecule has 0 radical (unpaired) electrons. The fourth-order valence-electron chi connectivity index (χ4n) is 1.97. The molecular formula is C14H23NOS. The van der Waals surface area contributed by atoms with Crippen molar-refractivity contribution in [3.05, 3.63) is 22.4 Å². The zero-order chi connectivity index (χ0) is 12.9. The monoisotopic (exact) mass is 253 g/mol. The number of Topliss-reactive ketones (excluding diaryl/α,β-unsaturated/α-hetero) is 1. The van der Waals surface area contributed by atoms with Crippen molar-refractivity contribution in [3.63, 3.8) is 0 Å². The van der Waals surface area contributed by atoms with Crippen LogP contribution in [0.3, 0.4) is 0 Å². The Kier molecular flexibility index (Phi) is 5.34. The summed E-state index contributed by atoms with van der Waals surface area (Å²) in [5, 5.41) is 2.05. The smallest absolute Gasteiger partial charge is 0.134 e. The van der Waals surface area contributed by atoms with Crippen LogP contribution in [0.4, 0.5) is 0 Å². The number of ketones is 1. The molecule has 0 spiro atoms. The number of hydrogen-bond donors (Lipinski definition) is 1. The van der Waals surface area contributed by atoms with Crippen LogP contribution < -0.4 is 5.73 Å². The molecule has 2 N–H and O–H groups in total. The second kappa shape index (κ2) is 6.31. The molecule has 0 fully saturated rings. The zero-order valence-electron chi connectivity index (χ0n) is 11.0. The van der Waals surface area contributed by atoms with Crippen molar-refractivity contribution in [2.45, 2.75) is 52.5 Å². The van der Waals surface area contributed by atoms with Crippen molar-refractivity contribution in [1.29, 1.82) is 0 Å². The molecule has 0 aromatic carbocycles. The molecule has 1 heterocycles. The summed E-state index contributed by atoms with van der Waals surface area (Å²) in [6.45, 7) is 6.47. The summed E-state index contributed by atoms with van der Waals surface area (Å²) in [7, 11) is 0. The summed E-state index contributed by atoms with van der Waals surface area (Å²) in [5.41, 5.74) is 6.19. The minimum atomic E-state index is 0.00540. The first-order valence-corrected chi connectivity index (χ1v) is 7.04. The van der Waals surface area contributed by atoms with E-state index in [1.807, 2.05) is 11.4 Å². The fourth-order valence-corrected chi connectivity index (χ4v) is 2.68. The normalized spacial score (nSPS) is 13.6. The summed E-state index contributed by atoms with van der Waals surface area (Å²) in [6.07, 6.45) is 2.90. The van der Waals surface area contributed by atoms with E-state index >= 15 is 0 Å². The van der Waals surface area contributed by atoms with Crippen molar-refractivity contribution < 1.29 is 4.79 Å². The van der Waals surface area contributed by atoms with Gasteiger partial charge in [0.1, 0.15) is 5.78 Å². The van der Waals surface area contributed by atoms with Gasteiger partial charge in [-0.3, -0.25) is 4.79 Å². The molecule has 96 valence electrons. The second-order valence-electron chi connectivity index (χ2n) is 5.85. The Bertz CT molecular complexity index is 338. The fraction of sp³-hybridized carbons (Fsp3) is 0.643. The van der Waals surface area contributed by atoms with Gasteiger partial charge in [-0.2, -0.15) is 0 Å². The SMILES string of the molecule is CC(C)(C)CC(N)CC(=O)CCc1cccs1. The van der Waals surface area contributed by atoms with Crippen LogP contribution in [0.15, 0.2) is 17.5 Å². The Morgan fingerprint density at radius 1 is 1.47 bits per heavy atom. The van der Waals surface area contributed by atoms with Gasteiger partial charge in [0.15, 0.2) is 0 Å². The third kappa shape index (κ3) is 6.59. The van der Waals surface area contributed by atoms with E-state index in [1.54, 1.807) is 11.3 Å². The lowest BCUT2D eigenvalue weighted by Crippen LogP contribution is -2.29. The zero-order valence-corrected chi connectivity index (χ0v) is 11.8. The molecule has 1 aromatic rings. The van der Waals surface area contributed by atoms with E-state index in [1.165, 1.54) is 4.88 Å². The molecular weight excluding hydrogens is 230 g/mol. The topological polar surface area (TPSA) is 43.1 Å². The molecule has 1 rings (SSSR count). The molecule has 1 unspecified atom stereocenters. The van der Waals surface area contributed by atoms with Gasteiger partial charge >= 0.3 is 0 Å². The first-order chi connectivity index (χ1) is 7.87. The number of carbonyl (C=O) groups is 1. The number of thiophene rings is 1. The van der Waals surface area contributed by atoms with Gasteiger partial charge in [-0.05, 0) is 29.7 Å². The van der Waals surface area contributed by atoms with Crippen molar-refractivity contribution in [2.75, 3.05) is 0 Å². The molecule has 0 saturated carbocycles. The molecule has 0 bridgehead atoms. The maximum absolute atomic E-state index is 11.8. The number of aryl methyl sites for hydroxylation is 1. The van der Waals surface area contributed by atoms with Gasteiger partial charge < -0.3 is 5.73 Å². The van der Waals surface area contributed by atoms with Crippen LogP contribution in [0.1, 0.15) is 44.9 Å². The van der Waals surface area contributed by atoms with Gasteiger partial charge in [0.2, 0.25) is 0 Å². The van der Waals surface area contributed by atoms with Crippen molar-refractivity contribution in [1.82, 2.24) is 0 Å². The van der Waals surface area contributed by atoms with Gasteiger partial charge in [0, 0.05) is 23.8 Å². The van der Waals surface area contributed by atoms with E-state index in [9.17, 15) is 4.79 Å². The van der Waals surface area contributed by atoms with E-state index < -0.39 is 0 Å². The average molecular weight is 253 g/mol. The van der Waals surface area contributed by atoms with E-state index in [-0.39, 0.29) is 17.2 Å². The first-order valence-electron chi connectivity index (χ1n) is 6.16. The molecule has 1 atom stereocenters. The summed E-state index contributed by atoms with van der Waals surface area (Å²) < 4.78 is 0. The highest BCUT2D eigenvalue weighted by molar-refractivity contribution is 7.09.